The quantitative estimate of drug-likeness (QED) is 0.347. The minimum absolute atomic E-state index is 0.704. The molecule has 0 atom stereocenters. The lowest BCUT2D eigenvalue weighted by atomic mass is 10.4. The molecule has 13 heavy (non-hydrogen) atoms. The van der Waals surface area contributed by atoms with Crippen molar-refractivity contribution in [1.29, 1.82) is 0 Å². The molecule has 0 saturated carbocycles. The number of likely N-dealkylation sites (N-methyl/N-ethyl adjacent to an activating group) is 1. The van der Waals surface area contributed by atoms with Crippen LogP contribution in [-0.2, 0) is 4.74 Å². The Bertz CT molecular complexity index is 199. The third-order valence-corrected chi connectivity index (χ3v) is 1.51. The second-order valence-corrected chi connectivity index (χ2v) is 3.87. The molecule has 0 bridgehead atoms. The van der Waals surface area contributed by atoms with Crippen molar-refractivity contribution in [1.82, 2.24) is 0 Å². The molecule has 0 aliphatic carbocycles. The van der Waals surface area contributed by atoms with Crippen LogP contribution in [0.15, 0.2) is 37.1 Å². The van der Waals surface area contributed by atoms with E-state index in [0.29, 0.717) is 6.61 Å². The summed E-state index contributed by atoms with van der Waals surface area (Å²) >= 11 is 0. The smallest absolute Gasteiger partial charge is 0.137 e. The summed E-state index contributed by atoms with van der Waals surface area (Å²) in [5.41, 5.74) is 0. The Morgan fingerprint density at radius 3 is 2.31 bits per heavy atom. The molecule has 0 radical (unpaired) electrons. The van der Waals surface area contributed by atoms with Crippen molar-refractivity contribution in [3.63, 3.8) is 0 Å². The van der Waals surface area contributed by atoms with Crippen molar-refractivity contribution in [3.8, 4) is 0 Å². The van der Waals surface area contributed by atoms with E-state index in [0.717, 1.165) is 16.8 Å². The van der Waals surface area contributed by atoms with E-state index < -0.39 is 0 Å². The van der Waals surface area contributed by atoms with Gasteiger partial charge >= 0.3 is 0 Å². The van der Waals surface area contributed by atoms with Gasteiger partial charge in [-0.15, -0.1) is 0 Å². The Labute approximate surface area is 81.4 Å². The van der Waals surface area contributed by atoms with E-state index in [1.165, 1.54) is 0 Å². The summed E-state index contributed by atoms with van der Waals surface area (Å²) in [6.45, 7) is 8.92. The van der Waals surface area contributed by atoms with Crippen LogP contribution in [0.4, 0.5) is 0 Å². The molecule has 0 fully saturated rings. The van der Waals surface area contributed by atoms with Gasteiger partial charge in [0.15, 0.2) is 0 Å². The summed E-state index contributed by atoms with van der Waals surface area (Å²) < 4.78 is 6.37. The van der Waals surface area contributed by atoms with Gasteiger partial charge in [-0.3, -0.25) is 0 Å². The normalized spacial score (nSPS) is 12.4. The molecule has 74 valence electrons. The summed E-state index contributed by atoms with van der Waals surface area (Å²) in [7, 11) is 6.40. The third kappa shape index (κ3) is 7.34. The number of rotatable bonds is 6. The highest BCUT2D eigenvalue weighted by Crippen LogP contribution is 1.99. The maximum Gasteiger partial charge on any atom is 0.137 e. The van der Waals surface area contributed by atoms with E-state index in [1.54, 1.807) is 12.2 Å². The lowest BCUT2D eigenvalue weighted by Crippen LogP contribution is -2.37. The Morgan fingerprint density at radius 2 is 1.92 bits per heavy atom. The minimum Gasteiger partial charge on any atom is -0.488 e. The fourth-order valence-electron chi connectivity index (χ4n) is 0.729. The van der Waals surface area contributed by atoms with Crippen LogP contribution in [0.3, 0.4) is 0 Å². The molecule has 2 nitrogen and oxygen atoms in total. The predicted molar refractivity (Wildman–Crippen MR) is 57.3 cm³/mol. The minimum atomic E-state index is 0.704. The standard InChI is InChI=1S/C11H20NO/c1-6-8-11(7-2)13-10-9-12(3,4)5/h6-8H,1-2,9-10H2,3-5H3/q+1/b11-8+. The van der Waals surface area contributed by atoms with Crippen molar-refractivity contribution in [2.75, 3.05) is 34.3 Å². The van der Waals surface area contributed by atoms with Gasteiger partial charge in [0.1, 0.15) is 18.9 Å². The maximum atomic E-state index is 5.46. The van der Waals surface area contributed by atoms with Gasteiger partial charge in [0.2, 0.25) is 0 Å². The van der Waals surface area contributed by atoms with Crippen LogP contribution in [0.5, 0.6) is 0 Å². The third-order valence-electron chi connectivity index (χ3n) is 1.51. The summed E-state index contributed by atoms with van der Waals surface area (Å²) in [4.78, 5) is 0. The fourth-order valence-corrected chi connectivity index (χ4v) is 0.729. The molecule has 0 unspecified atom stereocenters. The zero-order chi connectivity index (χ0) is 10.3. The monoisotopic (exact) mass is 182 g/mol. The van der Waals surface area contributed by atoms with Crippen LogP contribution in [0.1, 0.15) is 0 Å². The molecular weight excluding hydrogens is 162 g/mol. The molecule has 0 aliphatic heterocycles. The number of allylic oxidation sites excluding steroid dienone is 3. The van der Waals surface area contributed by atoms with Crippen LogP contribution in [0.2, 0.25) is 0 Å². The Morgan fingerprint density at radius 1 is 1.31 bits per heavy atom. The van der Waals surface area contributed by atoms with Gasteiger partial charge < -0.3 is 9.22 Å². The molecule has 0 spiro atoms. The average Bonchev–Trinajstić information content (AvgIpc) is 2.01. The molecule has 0 aromatic rings. The van der Waals surface area contributed by atoms with Crippen LogP contribution >= 0.6 is 0 Å². The first-order valence-corrected chi connectivity index (χ1v) is 4.38. The SMILES string of the molecule is C=C/C=C(\C=C)OCC[N+](C)(C)C. The largest absolute Gasteiger partial charge is 0.488 e. The van der Waals surface area contributed by atoms with Crippen LogP contribution in [0, 0.1) is 0 Å². The number of quaternary nitrogens is 1. The van der Waals surface area contributed by atoms with Gasteiger partial charge in [-0.2, -0.15) is 0 Å². The molecule has 0 saturated heterocycles. The van der Waals surface area contributed by atoms with Crippen molar-refractivity contribution >= 4 is 0 Å². The van der Waals surface area contributed by atoms with E-state index >= 15 is 0 Å². The van der Waals surface area contributed by atoms with E-state index in [1.807, 2.05) is 6.08 Å². The Hall–Kier alpha value is -1.02. The van der Waals surface area contributed by atoms with Gasteiger partial charge in [-0.25, -0.2) is 0 Å². The van der Waals surface area contributed by atoms with E-state index in [9.17, 15) is 0 Å². The fraction of sp³-hybridized carbons (Fsp3) is 0.455. The molecule has 0 heterocycles. The number of ether oxygens (including phenoxy) is 1. The lowest BCUT2D eigenvalue weighted by Gasteiger charge is -2.23. The van der Waals surface area contributed by atoms with Gasteiger partial charge in [-0.05, 0) is 12.2 Å². The van der Waals surface area contributed by atoms with Crippen LogP contribution < -0.4 is 0 Å². The first-order valence-electron chi connectivity index (χ1n) is 4.38. The lowest BCUT2D eigenvalue weighted by molar-refractivity contribution is -0.870. The van der Waals surface area contributed by atoms with Gasteiger partial charge in [-0.1, -0.05) is 19.2 Å². The van der Waals surface area contributed by atoms with E-state index in [-0.39, 0.29) is 0 Å². The average molecular weight is 182 g/mol. The predicted octanol–water partition coefficient (Wildman–Crippen LogP) is 1.97. The molecule has 0 amide bonds. The summed E-state index contributed by atoms with van der Waals surface area (Å²) in [6.07, 6.45) is 5.20. The second-order valence-electron chi connectivity index (χ2n) is 3.87. The summed E-state index contributed by atoms with van der Waals surface area (Å²) in [5, 5.41) is 0. The van der Waals surface area contributed by atoms with Crippen molar-refractivity contribution in [3.05, 3.63) is 37.1 Å². The molecule has 0 N–H and O–H groups in total. The summed E-state index contributed by atoms with van der Waals surface area (Å²) in [5.74, 6) is 0.781. The maximum absolute atomic E-state index is 5.46. The van der Waals surface area contributed by atoms with Crippen molar-refractivity contribution in [2.24, 2.45) is 0 Å². The zero-order valence-corrected chi connectivity index (χ0v) is 8.92. The van der Waals surface area contributed by atoms with Gasteiger partial charge in [0.05, 0.1) is 21.1 Å². The molecule has 0 aromatic carbocycles. The molecular formula is C11H20NO+. The number of hydrogen-bond donors (Lipinski definition) is 0. The highest BCUT2D eigenvalue weighted by atomic mass is 16.5. The van der Waals surface area contributed by atoms with E-state index in [4.69, 9.17) is 4.74 Å². The summed E-state index contributed by atoms with van der Waals surface area (Å²) in [6, 6.07) is 0. The van der Waals surface area contributed by atoms with Crippen LogP contribution in [-0.4, -0.2) is 38.8 Å². The highest BCUT2D eigenvalue weighted by molar-refractivity contribution is 5.14. The Balaban J connectivity index is 3.81. The van der Waals surface area contributed by atoms with Gasteiger partial charge in [0.25, 0.3) is 0 Å². The molecule has 0 aromatic heterocycles. The number of hydrogen-bond acceptors (Lipinski definition) is 1. The first kappa shape index (κ1) is 12.0. The van der Waals surface area contributed by atoms with E-state index in [2.05, 4.69) is 34.3 Å². The first-order chi connectivity index (χ1) is 5.99. The number of nitrogens with zero attached hydrogens (tertiary/aromatic N) is 1. The zero-order valence-electron chi connectivity index (χ0n) is 8.92. The highest BCUT2D eigenvalue weighted by Gasteiger charge is 2.05. The second kappa shape index (κ2) is 5.60. The molecule has 0 aliphatic rings. The van der Waals surface area contributed by atoms with Crippen molar-refractivity contribution < 1.29 is 9.22 Å². The van der Waals surface area contributed by atoms with Gasteiger partial charge in [0, 0.05) is 0 Å². The molecule has 2 heteroatoms. The van der Waals surface area contributed by atoms with Crippen molar-refractivity contribution in [2.45, 2.75) is 0 Å². The topological polar surface area (TPSA) is 9.23 Å². The molecule has 0 rings (SSSR count). The van der Waals surface area contributed by atoms with Crippen LogP contribution in [0.25, 0.3) is 0 Å². The Kier molecular flexibility index (Phi) is 5.16.